The van der Waals surface area contributed by atoms with E-state index in [2.05, 4.69) is 0 Å². The van der Waals surface area contributed by atoms with Crippen LogP contribution < -0.4 is 0 Å². The second-order valence-electron chi connectivity index (χ2n) is 3.62. The Hall–Kier alpha value is -0.570. The van der Waals surface area contributed by atoms with Gasteiger partial charge in [-0.05, 0) is 24.4 Å². The van der Waals surface area contributed by atoms with Crippen molar-refractivity contribution in [3.63, 3.8) is 0 Å². The Kier molecular flexibility index (Phi) is 7.39. The van der Waals surface area contributed by atoms with E-state index in [1.165, 1.54) is 7.11 Å². The fourth-order valence-corrected chi connectivity index (χ4v) is 1.99. The zero-order valence-corrected chi connectivity index (χ0v) is 10.3. The quantitative estimate of drug-likeness (QED) is 0.503. The van der Waals surface area contributed by atoms with Crippen LogP contribution in [0.1, 0.15) is 39.5 Å². The second kappa shape index (κ2) is 7.69. The molecule has 3 nitrogen and oxygen atoms in total. The van der Waals surface area contributed by atoms with Crippen LogP contribution in [0.2, 0.25) is 0 Å². The highest BCUT2D eigenvalue weighted by Crippen LogP contribution is 2.26. The SMILES string of the molecule is CCC[C@H](C(=O)OC)[C@@H](CCC)C(=O)Cl. The fourth-order valence-electron chi connectivity index (χ4n) is 1.73. The van der Waals surface area contributed by atoms with Gasteiger partial charge < -0.3 is 4.74 Å². The van der Waals surface area contributed by atoms with Crippen molar-refractivity contribution >= 4 is 22.8 Å². The largest absolute Gasteiger partial charge is 0.469 e. The summed E-state index contributed by atoms with van der Waals surface area (Å²) in [6, 6.07) is 0. The molecule has 0 aromatic carbocycles. The van der Waals surface area contributed by atoms with Crippen molar-refractivity contribution in [3.8, 4) is 0 Å². The van der Waals surface area contributed by atoms with E-state index in [9.17, 15) is 9.59 Å². The first-order valence-corrected chi connectivity index (χ1v) is 5.73. The maximum atomic E-state index is 11.5. The zero-order chi connectivity index (χ0) is 11.8. The topological polar surface area (TPSA) is 43.4 Å². The number of halogens is 1. The minimum absolute atomic E-state index is 0.329. The monoisotopic (exact) mass is 234 g/mol. The number of hydrogen-bond acceptors (Lipinski definition) is 3. The Morgan fingerprint density at radius 2 is 1.60 bits per heavy atom. The summed E-state index contributed by atoms with van der Waals surface area (Å²) in [5.41, 5.74) is 0. The second-order valence-corrected chi connectivity index (χ2v) is 3.99. The zero-order valence-electron chi connectivity index (χ0n) is 9.59. The highest BCUT2D eigenvalue weighted by molar-refractivity contribution is 6.64. The minimum atomic E-state index is -0.430. The highest BCUT2D eigenvalue weighted by atomic mass is 35.5. The Labute approximate surface area is 96.1 Å². The lowest BCUT2D eigenvalue weighted by molar-refractivity contribution is -0.149. The third kappa shape index (κ3) is 4.65. The predicted molar refractivity (Wildman–Crippen MR) is 59.7 cm³/mol. The summed E-state index contributed by atoms with van der Waals surface area (Å²) in [7, 11) is 1.34. The molecule has 0 amide bonds. The summed E-state index contributed by atoms with van der Waals surface area (Å²) in [5, 5.41) is -0.430. The van der Waals surface area contributed by atoms with Crippen molar-refractivity contribution in [1.29, 1.82) is 0 Å². The van der Waals surface area contributed by atoms with Gasteiger partial charge in [0.2, 0.25) is 5.24 Å². The normalized spacial score (nSPS) is 14.4. The van der Waals surface area contributed by atoms with Crippen LogP contribution in [0.5, 0.6) is 0 Å². The molecule has 0 N–H and O–H groups in total. The summed E-state index contributed by atoms with van der Waals surface area (Å²) in [5.74, 6) is -1.11. The van der Waals surface area contributed by atoms with Crippen LogP contribution in [0, 0.1) is 11.8 Å². The molecular weight excluding hydrogens is 216 g/mol. The molecule has 0 heterocycles. The van der Waals surface area contributed by atoms with Crippen LogP contribution in [0.15, 0.2) is 0 Å². The van der Waals surface area contributed by atoms with Crippen molar-refractivity contribution in [1.82, 2.24) is 0 Å². The van der Waals surface area contributed by atoms with Crippen LogP contribution in [0.25, 0.3) is 0 Å². The number of ether oxygens (including phenoxy) is 1. The van der Waals surface area contributed by atoms with E-state index in [1.54, 1.807) is 0 Å². The van der Waals surface area contributed by atoms with Crippen LogP contribution in [-0.4, -0.2) is 18.3 Å². The van der Waals surface area contributed by atoms with Gasteiger partial charge in [0.25, 0.3) is 0 Å². The van der Waals surface area contributed by atoms with Crippen LogP contribution in [0.3, 0.4) is 0 Å². The number of methoxy groups -OCH3 is 1. The highest BCUT2D eigenvalue weighted by Gasteiger charge is 2.32. The van der Waals surface area contributed by atoms with Crippen molar-refractivity contribution in [3.05, 3.63) is 0 Å². The van der Waals surface area contributed by atoms with Crippen molar-refractivity contribution in [2.45, 2.75) is 39.5 Å². The Morgan fingerprint density at radius 3 is 1.93 bits per heavy atom. The Balaban J connectivity index is 4.66. The molecule has 0 aromatic rings. The van der Waals surface area contributed by atoms with Crippen LogP contribution >= 0.6 is 11.6 Å². The molecule has 0 saturated carbocycles. The number of carbonyl (C=O) groups is 2. The lowest BCUT2D eigenvalue weighted by Crippen LogP contribution is -2.28. The third-order valence-corrected chi connectivity index (χ3v) is 2.76. The molecule has 0 aliphatic rings. The van der Waals surface area contributed by atoms with Crippen LogP contribution in [0.4, 0.5) is 0 Å². The number of hydrogen-bond donors (Lipinski definition) is 0. The number of esters is 1. The summed E-state index contributed by atoms with van der Waals surface area (Å²) in [4.78, 5) is 22.7. The molecule has 15 heavy (non-hydrogen) atoms. The lowest BCUT2D eigenvalue weighted by Gasteiger charge is -2.21. The van der Waals surface area contributed by atoms with Gasteiger partial charge in [0.15, 0.2) is 0 Å². The van der Waals surface area contributed by atoms with Crippen molar-refractivity contribution < 1.29 is 14.3 Å². The molecule has 0 aliphatic heterocycles. The van der Waals surface area contributed by atoms with Gasteiger partial charge in [0.1, 0.15) is 0 Å². The molecule has 0 saturated heterocycles. The van der Waals surface area contributed by atoms with E-state index in [0.717, 1.165) is 12.8 Å². The lowest BCUT2D eigenvalue weighted by atomic mass is 9.86. The van der Waals surface area contributed by atoms with E-state index in [-0.39, 0.29) is 11.9 Å². The molecule has 0 aromatic heterocycles. The summed E-state index contributed by atoms with van der Waals surface area (Å²) in [6.07, 6.45) is 2.96. The number of rotatable bonds is 7. The molecule has 0 bridgehead atoms. The molecule has 0 fully saturated rings. The van der Waals surface area contributed by atoms with E-state index in [4.69, 9.17) is 16.3 Å². The Morgan fingerprint density at radius 1 is 1.13 bits per heavy atom. The van der Waals surface area contributed by atoms with E-state index < -0.39 is 11.2 Å². The van der Waals surface area contributed by atoms with Crippen molar-refractivity contribution in [2.24, 2.45) is 11.8 Å². The van der Waals surface area contributed by atoms with Gasteiger partial charge >= 0.3 is 5.97 Å². The maximum Gasteiger partial charge on any atom is 0.309 e. The molecule has 0 unspecified atom stereocenters. The molecule has 88 valence electrons. The van der Waals surface area contributed by atoms with Crippen molar-refractivity contribution in [2.75, 3.05) is 7.11 Å². The van der Waals surface area contributed by atoms with E-state index in [0.29, 0.717) is 12.8 Å². The summed E-state index contributed by atoms with van der Waals surface area (Å²) in [6.45, 7) is 3.94. The van der Waals surface area contributed by atoms with E-state index in [1.807, 2.05) is 13.8 Å². The van der Waals surface area contributed by atoms with Gasteiger partial charge in [-0.15, -0.1) is 0 Å². The first-order chi connectivity index (χ1) is 7.08. The molecule has 0 rings (SSSR count). The first-order valence-electron chi connectivity index (χ1n) is 5.35. The molecule has 2 atom stereocenters. The standard InChI is InChI=1S/C11H19ClO3/c1-4-6-8(10(12)13)9(7-5-2)11(14)15-3/h8-9H,4-7H2,1-3H3/t8-,9+/m1/s1. The van der Waals surface area contributed by atoms with Gasteiger partial charge in [0.05, 0.1) is 13.0 Å². The number of carbonyl (C=O) groups excluding carboxylic acids is 2. The average Bonchev–Trinajstić information content (AvgIpc) is 2.21. The predicted octanol–water partition coefficient (Wildman–Crippen LogP) is 2.76. The summed E-state index contributed by atoms with van der Waals surface area (Å²) >= 11 is 5.51. The maximum absolute atomic E-state index is 11.5. The average molecular weight is 235 g/mol. The molecular formula is C11H19ClO3. The first kappa shape index (κ1) is 14.4. The van der Waals surface area contributed by atoms with Gasteiger partial charge in [-0.25, -0.2) is 0 Å². The summed E-state index contributed by atoms with van der Waals surface area (Å²) < 4.78 is 4.69. The molecule has 0 aliphatic carbocycles. The molecule has 4 heteroatoms. The fraction of sp³-hybridized carbons (Fsp3) is 0.818. The third-order valence-electron chi connectivity index (χ3n) is 2.48. The van der Waals surface area contributed by atoms with Crippen LogP contribution in [-0.2, 0) is 14.3 Å². The van der Waals surface area contributed by atoms with Gasteiger partial charge in [-0.3, -0.25) is 9.59 Å². The smallest absolute Gasteiger partial charge is 0.309 e. The van der Waals surface area contributed by atoms with Gasteiger partial charge in [-0.1, -0.05) is 26.7 Å². The van der Waals surface area contributed by atoms with Gasteiger partial charge in [0, 0.05) is 5.92 Å². The minimum Gasteiger partial charge on any atom is -0.469 e. The van der Waals surface area contributed by atoms with Gasteiger partial charge in [-0.2, -0.15) is 0 Å². The molecule has 0 radical (unpaired) electrons. The molecule has 0 spiro atoms. The Bertz CT molecular complexity index is 216. The van der Waals surface area contributed by atoms with E-state index >= 15 is 0 Å².